The Morgan fingerprint density at radius 2 is 2.04 bits per heavy atom. The van der Waals surface area contributed by atoms with Gasteiger partial charge in [-0.3, -0.25) is 9.80 Å². The maximum Gasteiger partial charge on any atom is 0.416 e. The van der Waals surface area contributed by atoms with E-state index in [1.807, 2.05) is 33.0 Å². The molecule has 1 amide bonds. The molecule has 1 aliphatic carbocycles. The second-order valence-corrected chi connectivity index (χ2v) is 9.08. The summed E-state index contributed by atoms with van der Waals surface area (Å²) >= 11 is 0. The number of hydrogen-bond acceptors (Lipinski definition) is 4. The van der Waals surface area contributed by atoms with Gasteiger partial charge in [-0.25, -0.2) is 9.78 Å². The average Bonchev–Trinajstić information content (AvgIpc) is 3.25. The number of ether oxygens (including phenoxy) is 1. The monoisotopic (exact) mass is 359 g/mol. The Balaban J connectivity index is 1.74. The van der Waals surface area contributed by atoms with Crippen LogP contribution in [0.25, 0.3) is 0 Å². The molecule has 1 aliphatic heterocycles. The fourth-order valence-electron chi connectivity index (χ4n) is 3.70. The maximum absolute atomic E-state index is 12.6. The van der Waals surface area contributed by atoms with E-state index in [9.17, 15) is 4.79 Å². The summed E-state index contributed by atoms with van der Waals surface area (Å²) in [4.78, 5) is 21.6. The van der Waals surface area contributed by atoms with Gasteiger partial charge in [0.25, 0.3) is 0 Å². The number of likely N-dealkylation sites (tertiary alicyclic amines) is 1. The number of rotatable bonds is 5. The Kier molecular flexibility index (Phi) is 5.56. The van der Waals surface area contributed by atoms with Crippen molar-refractivity contribution in [3.63, 3.8) is 0 Å². The molecule has 1 saturated heterocycles. The third-order valence-corrected chi connectivity index (χ3v) is 4.87. The summed E-state index contributed by atoms with van der Waals surface area (Å²) in [5.41, 5.74) is 0.762. The van der Waals surface area contributed by atoms with Crippen molar-refractivity contribution in [2.45, 2.75) is 78.0 Å². The summed E-state index contributed by atoms with van der Waals surface area (Å²) < 4.78 is 5.59. The van der Waals surface area contributed by atoms with Gasteiger partial charge in [-0.05, 0) is 70.5 Å². The van der Waals surface area contributed by atoms with Crippen molar-refractivity contribution in [3.05, 3.63) is 23.9 Å². The van der Waals surface area contributed by atoms with Gasteiger partial charge in [0.15, 0.2) is 0 Å². The zero-order valence-corrected chi connectivity index (χ0v) is 16.9. The second-order valence-electron chi connectivity index (χ2n) is 9.08. The average molecular weight is 360 g/mol. The van der Waals surface area contributed by atoms with Crippen LogP contribution in [0.2, 0.25) is 0 Å². The summed E-state index contributed by atoms with van der Waals surface area (Å²) in [5.74, 6) is 1.37. The molecule has 2 heterocycles. The van der Waals surface area contributed by atoms with Crippen LogP contribution >= 0.6 is 0 Å². The molecule has 1 aromatic heterocycles. The highest BCUT2D eigenvalue weighted by molar-refractivity contribution is 5.88. The van der Waals surface area contributed by atoms with E-state index in [0.29, 0.717) is 17.8 Å². The zero-order chi connectivity index (χ0) is 18.9. The minimum absolute atomic E-state index is 0.229. The fourth-order valence-corrected chi connectivity index (χ4v) is 3.70. The van der Waals surface area contributed by atoms with E-state index < -0.39 is 5.60 Å². The highest BCUT2D eigenvalue weighted by Crippen LogP contribution is 2.35. The number of anilines is 1. The topological polar surface area (TPSA) is 45.7 Å². The van der Waals surface area contributed by atoms with E-state index in [2.05, 4.69) is 29.8 Å². The summed E-state index contributed by atoms with van der Waals surface area (Å²) in [6.07, 6.45) is 6.14. The normalized spacial score (nSPS) is 21.2. The first kappa shape index (κ1) is 19.2. The quantitative estimate of drug-likeness (QED) is 0.759. The first-order valence-corrected chi connectivity index (χ1v) is 9.97. The standard InChI is InChI=1S/C21H33N3O2/c1-15(2)14-23-12-6-7-18(23)16-8-11-19(22-13-16)24(17-9-10-17)20(25)26-21(3,4)5/h8,11,13,15,17-18H,6-7,9-10,12,14H2,1-5H3/t18-/m1/s1. The molecule has 0 radical (unpaired) electrons. The largest absolute Gasteiger partial charge is 0.443 e. The summed E-state index contributed by atoms with van der Waals surface area (Å²) in [6.45, 7) is 12.5. The molecule has 0 unspecified atom stereocenters. The highest BCUT2D eigenvalue weighted by atomic mass is 16.6. The van der Waals surface area contributed by atoms with Crippen LogP contribution < -0.4 is 4.90 Å². The van der Waals surface area contributed by atoms with Crippen LogP contribution in [0.3, 0.4) is 0 Å². The Bertz CT molecular complexity index is 617. The number of pyridine rings is 1. The molecule has 0 spiro atoms. The Labute approximate surface area is 157 Å². The van der Waals surface area contributed by atoms with E-state index in [0.717, 1.165) is 25.9 Å². The van der Waals surface area contributed by atoms with E-state index >= 15 is 0 Å². The highest BCUT2D eigenvalue weighted by Gasteiger charge is 2.37. The molecule has 3 rings (SSSR count). The summed E-state index contributed by atoms with van der Waals surface area (Å²) in [6, 6.07) is 4.82. The first-order chi connectivity index (χ1) is 12.2. The van der Waals surface area contributed by atoms with Crippen LogP contribution in [0.4, 0.5) is 10.6 Å². The number of carbonyl (C=O) groups is 1. The van der Waals surface area contributed by atoms with Gasteiger partial charge in [0.05, 0.1) is 0 Å². The van der Waals surface area contributed by atoms with Crippen LogP contribution in [0.5, 0.6) is 0 Å². The molecule has 26 heavy (non-hydrogen) atoms. The minimum Gasteiger partial charge on any atom is -0.443 e. The molecule has 1 saturated carbocycles. The Morgan fingerprint density at radius 3 is 2.58 bits per heavy atom. The summed E-state index contributed by atoms with van der Waals surface area (Å²) in [7, 11) is 0. The second kappa shape index (κ2) is 7.55. The van der Waals surface area contributed by atoms with Gasteiger partial charge >= 0.3 is 6.09 Å². The zero-order valence-electron chi connectivity index (χ0n) is 16.9. The van der Waals surface area contributed by atoms with Crippen molar-refractivity contribution < 1.29 is 9.53 Å². The fraction of sp³-hybridized carbons (Fsp3) is 0.714. The van der Waals surface area contributed by atoms with Crippen molar-refractivity contribution in [1.29, 1.82) is 0 Å². The molecule has 2 fully saturated rings. The van der Waals surface area contributed by atoms with E-state index in [4.69, 9.17) is 4.74 Å². The summed E-state index contributed by atoms with van der Waals surface area (Å²) in [5, 5.41) is 0. The van der Waals surface area contributed by atoms with Gasteiger partial charge in [0, 0.05) is 24.8 Å². The van der Waals surface area contributed by atoms with Crippen LogP contribution in [0, 0.1) is 5.92 Å². The molecule has 5 heteroatoms. The van der Waals surface area contributed by atoms with Crippen LogP contribution in [0.15, 0.2) is 18.3 Å². The lowest BCUT2D eigenvalue weighted by molar-refractivity contribution is 0.0576. The SMILES string of the molecule is CC(C)CN1CCC[C@@H]1c1ccc(N(C(=O)OC(C)(C)C)C2CC2)nc1. The van der Waals surface area contributed by atoms with E-state index in [1.54, 1.807) is 4.90 Å². The Hall–Kier alpha value is -1.62. The maximum atomic E-state index is 12.6. The lowest BCUT2D eigenvalue weighted by Gasteiger charge is -2.28. The third kappa shape index (κ3) is 4.76. The van der Waals surface area contributed by atoms with Gasteiger partial charge in [-0.15, -0.1) is 0 Å². The van der Waals surface area contributed by atoms with E-state index in [-0.39, 0.29) is 12.1 Å². The molecule has 0 aromatic carbocycles. The van der Waals surface area contributed by atoms with Gasteiger partial charge in [0.2, 0.25) is 0 Å². The number of carbonyl (C=O) groups excluding carboxylic acids is 1. The van der Waals surface area contributed by atoms with Crippen molar-refractivity contribution in [1.82, 2.24) is 9.88 Å². The first-order valence-electron chi connectivity index (χ1n) is 9.97. The van der Waals surface area contributed by atoms with Gasteiger partial charge < -0.3 is 4.74 Å². The van der Waals surface area contributed by atoms with Crippen LogP contribution in [-0.4, -0.2) is 40.7 Å². The molecular weight excluding hydrogens is 326 g/mol. The molecule has 0 N–H and O–H groups in total. The van der Waals surface area contributed by atoms with Crippen molar-refractivity contribution in [2.75, 3.05) is 18.0 Å². The minimum atomic E-state index is -0.495. The molecule has 5 nitrogen and oxygen atoms in total. The number of aromatic nitrogens is 1. The van der Waals surface area contributed by atoms with Gasteiger partial charge in [-0.1, -0.05) is 19.9 Å². The Morgan fingerprint density at radius 1 is 1.31 bits per heavy atom. The molecule has 1 atom stereocenters. The number of nitrogens with zero attached hydrogens (tertiary/aromatic N) is 3. The van der Waals surface area contributed by atoms with Gasteiger partial charge in [-0.2, -0.15) is 0 Å². The molecule has 2 aliphatic rings. The van der Waals surface area contributed by atoms with Crippen molar-refractivity contribution in [3.8, 4) is 0 Å². The number of amides is 1. The molecule has 0 bridgehead atoms. The van der Waals surface area contributed by atoms with E-state index in [1.165, 1.54) is 18.4 Å². The lowest BCUT2D eigenvalue weighted by Crippen LogP contribution is -2.38. The number of hydrogen-bond donors (Lipinski definition) is 0. The predicted molar refractivity (Wildman–Crippen MR) is 104 cm³/mol. The smallest absolute Gasteiger partial charge is 0.416 e. The van der Waals surface area contributed by atoms with Crippen LogP contribution in [-0.2, 0) is 4.74 Å². The third-order valence-electron chi connectivity index (χ3n) is 4.87. The van der Waals surface area contributed by atoms with Gasteiger partial charge in [0.1, 0.15) is 11.4 Å². The van der Waals surface area contributed by atoms with Crippen molar-refractivity contribution in [2.24, 2.45) is 5.92 Å². The molecule has 144 valence electrons. The van der Waals surface area contributed by atoms with Crippen LogP contribution in [0.1, 0.15) is 71.9 Å². The lowest BCUT2D eigenvalue weighted by atomic mass is 10.1. The van der Waals surface area contributed by atoms with Crippen molar-refractivity contribution >= 4 is 11.9 Å². The molecular formula is C21H33N3O2. The predicted octanol–water partition coefficient (Wildman–Crippen LogP) is 4.78. The molecule has 1 aromatic rings.